The molecule has 0 radical (unpaired) electrons. The molecular weight excluding hydrogens is 212 g/mol. The van der Waals surface area contributed by atoms with Crippen LogP contribution in [0.25, 0.3) is 0 Å². The van der Waals surface area contributed by atoms with Gasteiger partial charge in [0.2, 0.25) is 0 Å². The first kappa shape index (κ1) is 12.6. The van der Waals surface area contributed by atoms with Crippen LogP contribution in [0.4, 0.5) is 0 Å². The van der Waals surface area contributed by atoms with E-state index in [4.69, 9.17) is 0 Å². The Morgan fingerprint density at radius 1 is 1.12 bits per heavy atom. The van der Waals surface area contributed by atoms with Gasteiger partial charge < -0.3 is 4.90 Å². The molecule has 0 unspecified atom stereocenters. The van der Waals surface area contributed by atoms with Crippen LogP contribution in [0.3, 0.4) is 0 Å². The van der Waals surface area contributed by atoms with Crippen molar-refractivity contribution >= 4 is 0 Å². The van der Waals surface area contributed by atoms with Crippen molar-refractivity contribution in [2.24, 2.45) is 0 Å². The lowest BCUT2D eigenvalue weighted by Crippen LogP contribution is -2.38. The second kappa shape index (κ2) is 5.17. The van der Waals surface area contributed by atoms with Crippen LogP contribution in [0.5, 0.6) is 0 Å². The average Bonchev–Trinajstić information content (AvgIpc) is 2.78. The molecule has 0 spiro atoms. The van der Waals surface area contributed by atoms with E-state index in [1.807, 2.05) is 0 Å². The van der Waals surface area contributed by atoms with Gasteiger partial charge in [0.1, 0.15) is 12.2 Å². The molecule has 0 atom stereocenters. The first-order valence-corrected chi connectivity index (χ1v) is 6.73. The van der Waals surface area contributed by atoms with Crippen molar-refractivity contribution in [3.8, 4) is 0 Å². The summed E-state index contributed by atoms with van der Waals surface area (Å²) in [6.45, 7) is 11.3. The Morgan fingerprint density at radius 2 is 1.76 bits per heavy atom. The lowest BCUT2D eigenvalue weighted by Gasteiger charge is -2.34. The second-order valence-electron chi connectivity index (χ2n) is 5.56. The van der Waals surface area contributed by atoms with Gasteiger partial charge in [-0.3, -0.25) is 0 Å². The lowest BCUT2D eigenvalue weighted by atomic mass is 9.95. The topological polar surface area (TPSA) is 34.0 Å². The summed E-state index contributed by atoms with van der Waals surface area (Å²) in [6, 6.07) is 1.08. The maximum absolute atomic E-state index is 4.46. The number of piperidine rings is 1. The number of likely N-dealkylation sites (tertiary alicyclic amines) is 1. The van der Waals surface area contributed by atoms with E-state index in [0.717, 1.165) is 0 Å². The van der Waals surface area contributed by atoms with Gasteiger partial charge >= 0.3 is 0 Å². The van der Waals surface area contributed by atoms with Gasteiger partial charge in [0.15, 0.2) is 0 Å². The minimum absolute atomic E-state index is 0.413. The third kappa shape index (κ3) is 2.68. The molecule has 1 aromatic rings. The fraction of sp³-hybridized carbons (Fsp3) is 0.846. The second-order valence-corrected chi connectivity index (χ2v) is 5.56. The van der Waals surface area contributed by atoms with Gasteiger partial charge in [0.25, 0.3) is 0 Å². The smallest absolute Gasteiger partial charge is 0.138 e. The molecule has 96 valence electrons. The molecular formula is C13H24N4. The highest BCUT2D eigenvalue weighted by molar-refractivity contribution is 4.99. The Labute approximate surface area is 104 Å². The highest BCUT2D eigenvalue weighted by Crippen LogP contribution is 2.28. The summed E-state index contributed by atoms with van der Waals surface area (Å²) in [5.74, 6) is 1.78. The Hall–Kier alpha value is -0.900. The molecule has 2 rings (SSSR count). The minimum Gasteiger partial charge on any atom is -0.301 e. The van der Waals surface area contributed by atoms with Crippen molar-refractivity contribution in [3.05, 3.63) is 12.2 Å². The summed E-state index contributed by atoms with van der Waals surface area (Å²) < 4.78 is 2.08. The predicted molar refractivity (Wildman–Crippen MR) is 69.1 cm³/mol. The van der Waals surface area contributed by atoms with E-state index in [0.29, 0.717) is 18.0 Å². The van der Waals surface area contributed by atoms with Gasteiger partial charge in [-0.05, 0) is 53.6 Å². The summed E-state index contributed by atoms with van der Waals surface area (Å²) in [6.07, 6.45) is 4.12. The SMILES string of the molecule is CC(C)N1CCC(c2ncnn2C(C)C)CC1. The van der Waals surface area contributed by atoms with Crippen LogP contribution in [0.1, 0.15) is 58.3 Å². The van der Waals surface area contributed by atoms with E-state index in [-0.39, 0.29) is 0 Å². The zero-order chi connectivity index (χ0) is 12.4. The Morgan fingerprint density at radius 3 is 2.29 bits per heavy atom. The Balaban J connectivity index is 2.03. The molecule has 0 N–H and O–H groups in total. The number of hydrogen-bond donors (Lipinski definition) is 0. The number of nitrogens with zero attached hydrogens (tertiary/aromatic N) is 4. The van der Waals surface area contributed by atoms with E-state index in [9.17, 15) is 0 Å². The summed E-state index contributed by atoms with van der Waals surface area (Å²) >= 11 is 0. The largest absolute Gasteiger partial charge is 0.301 e. The molecule has 0 aliphatic carbocycles. The van der Waals surface area contributed by atoms with Crippen molar-refractivity contribution in [2.75, 3.05) is 13.1 Å². The molecule has 2 heterocycles. The molecule has 1 saturated heterocycles. The lowest BCUT2D eigenvalue weighted by molar-refractivity contribution is 0.167. The Bertz CT molecular complexity index is 348. The van der Waals surface area contributed by atoms with Gasteiger partial charge in [-0.2, -0.15) is 5.10 Å². The third-order valence-electron chi connectivity index (χ3n) is 3.71. The molecule has 17 heavy (non-hydrogen) atoms. The van der Waals surface area contributed by atoms with Gasteiger partial charge in [-0.15, -0.1) is 0 Å². The normalized spacial score (nSPS) is 19.4. The first-order valence-electron chi connectivity index (χ1n) is 6.73. The maximum atomic E-state index is 4.46. The zero-order valence-electron chi connectivity index (χ0n) is 11.4. The van der Waals surface area contributed by atoms with Crippen molar-refractivity contribution in [1.82, 2.24) is 19.7 Å². The summed E-state index contributed by atoms with van der Waals surface area (Å²) in [4.78, 5) is 7.01. The first-order chi connectivity index (χ1) is 8.09. The summed E-state index contributed by atoms with van der Waals surface area (Å²) in [7, 11) is 0. The van der Waals surface area contributed by atoms with E-state index in [2.05, 4.69) is 47.4 Å². The van der Waals surface area contributed by atoms with Crippen LogP contribution >= 0.6 is 0 Å². The van der Waals surface area contributed by atoms with Crippen molar-refractivity contribution in [1.29, 1.82) is 0 Å². The Kier molecular flexibility index (Phi) is 3.82. The number of hydrogen-bond acceptors (Lipinski definition) is 3. The van der Waals surface area contributed by atoms with E-state index in [1.165, 1.54) is 31.8 Å². The van der Waals surface area contributed by atoms with Crippen molar-refractivity contribution < 1.29 is 0 Å². The van der Waals surface area contributed by atoms with Crippen LogP contribution in [-0.2, 0) is 0 Å². The molecule has 1 aromatic heterocycles. The van der Waals surface area contributed by atoms with Gasteiger partial charge in [-0.1, -0.05) is 0 Å². The molecule has 0 aromatic carbocycles. The highest BCUT2D eigenvalue weighted by Gasteiger charge is 2.25. The summed E-state index contributed by atoms with van der Waals surface area (Å²) in [5.41, 5.74) is 0. The number of aromatic nitrogens is 3. The zero-order valence-corrected chi connectivity index (χ0v) is 11.4. The minimum atomic E-state index is 0.413. The van der Waals surface area contributed by atoms with Crippen LogP contribution in [0.2, 0.25) is 0 Å². The van der Waals surface area contributed by atoms with Crippen LogP contribution < -0.4 is 0 Å². The van der Waals surface area contributed by atoms with Crippen molar-refractivity contribution in [3.63, 3.8) is 0 Å². The standard InChI is InChI=1S/C13H24N4/c1-10(2)16-7-5-12(6-8-16)13-14-9-15-17(13)11(3)4/h9-12H,5-8H2,1-4H3. The average molecular weight is 236 g/mol. The predicted octanol–water partition coefficient (Wildman–Crippen LogP) is 2.45. The van der Waals surface area contributed by atoms with Crippen LogP contribution in [0, 0.1) is 0 Å². The summed E-state index contributed by atoms with van der Waals surface area (Å²) in [5, 5.41) is 4.34. The van der Waals surface area contributed by atoms with Crippen LogP contribution in [-0.4, -0.2) is 38.8 Å². The quantitative estimate of drug-likeness (QED) is 0.808. The molecule has 1 aliphatic rings. The maximum Gasteiger partial charge on any atom is 0.138 e. The van der Waals surface area contributed by atoms with Crippen LogP contribution in [0.15, 0.2) is 6.33 Å². The molecule has 1 aliphatic heterocycles. The molecule has 1 fully saturated rings. The van der Waals surface area contributed by atoms with E-state index >= 15 is 0 Å². The van der Waals surface area contributed by atoms with E-state index < -0.39 is 0 Å². The van der Waals surface area contributed by atoms with Gasteiger partial charge in [0.05, 0.1) is 0 Å². The monoisotopic (exact) mass is 236 g/mol. The molecule has 0 amide bonds. The molecule has 4 heteroatoms. The fourth-order valence-corrected chi connectivity index (χ4v) is 2.62. The van der Waals surface area contributed by atoms with E-state index in [1.54, 1.807) is 6.33 Å². The molecule has 0 bridgehead atoms. The highest BCUT2D eigenvalue weighted by atomic mass is 15.3. The number of rotatable bonds is 3. The molecule has 0 saturated carbocycles. The van der Waals surface area contributed by atoms with Gasteiger partial charge in [-0.25, -0.2) is 9.67 Å². The van der Waals surface area contributed by atoms with Crippen molar-refractivity contribution in [2.45, 2.75) is 58.5 Å². The third-order valence-corrected chi connectivity index (χ3v) is 3.71. The fourth-order valence-electron chi connectivity index (χ4n) is 2.62. The molecule has 4 nitrogen and oxygen atoms in total. The van der Waals surface area contributed by atoms with Gasteiger partial charge in [0, 0.05) is 18.0 Å².